The van der Waals surface area contributed by atoms with Crippen LogP contribution in [0.2, 0.25) is 5.02 Å². The third kappa shape index (κ3) is 3.28. The molecule has 0 aliphatic heterocycles. The molecule has 0 aliphatic carbocycles. The van der Waals surface area contributed by atoms with E-state index in [1.165, 1.54) is 0 Å². The Kier molecular flexibility index (Phi) is 4.11. The number of hydrogen-bond donors (Lipinski definition) is 1. The van der Waals surface area contributed by atoms with E-state index in [1.54, 1.807) is 0 Å². The molecule has 0 bridgehead atoms. The molecule has 0 spiro atoms. The first kappa shape index (κ1) is 14.6. The highest BCUT2D eigenvalue weighted by Gasteiger charge is 2.08. The molecule has 3 rings (SSSR count). The van der Waals surface area contributed by atoms with Gasteiger partial charge in [0.1, 0.15) is 5.52 Å². The van der Waals surface area contributed by atoms with Crippen molar-refractivity contribution in [3.8, 4) is 0 Å². The number of carbonyl (C=O) groups is 1. The van der Waals surface area contributed by atoms with Crippen LogP contribution in [0.1, 0.15) is 24.8 Å². The predicted molar refractivity (Wildman–Crippen MR) is 87.2 cm³/mol. The number of carbonyl (C=O) groups excluding carboxylic acids is 1. The van der Waals surface area contributed by atoms with Gasteiger partial charge in [-0.25, -0.2) is 4.98 Å². The van der Waals surface area contributed by atoms with Gasteiger partial charge >= 0.3 is 0 Å². The van der Waals surface area contributed by atoms with E-state index in [0.29, 0.717) is 29.3 Å². The van der Waals surface area contributed by atoms with Crippen molar-refractivity contribution in [2.45, 2.75) is 19.8 Å². The average Bonchev–Trinajstić information content (AvgIpc) is 2.91. The zero-order valence-corrected chi connectivity index (χ0v) is 12.9. The molecule has 4 nitrogen and oxygen atoms in total. The van der Waals surface area contributed by atoms with Crippen LogP contribution >= 0.6 is 11.6 Å². The number of nitrogens with zero attached hydrogens (tertiary/aromatic N) is 1. The summed E-state index contributed by atoms with van der Waals surface area (Å²) < 4.78 is 5.73. The Morgan fingerprint density at radius 3 is 2.73 bits per heavy atom. The first-order chi connectivity index (χ1) is 10.6. The number of oxazole rings is 1. The van der Waals surface area contributed by atoms with Crippen LogP contribution in [0.25, 0.3) is 11.1 Å². The lowest BCUT2D eigenvalue weighted by molar-refractivity contribution is -0.115. The summed E-state index contributed by atoms with van der Waals surface area (Å²) in [7, 11) is 0. The van der Waals surface area contributed by atoms with E-state index >= 15 is 0 Å². The second-order valence-electron chi connectivity index (χ2n) is 5.00. The number of nitrogens with one attached hydrogen (secondary N) is 1. The second kappa shape index (κ2) is 6.20. The zero-order valence-electron chi connectivity index (χ0n) is 12.1. The molecular formula is C17H15ClN2O2. The third-order valence-electron chi connectivity index (χ3n) is 3.31. The van der Waals surface area contributed by atoms with Crippen LogP contribution in [0.5, 0.6) is 0 Å². The van der Waals surface area contributed by atoms with Crippen LogP contribution < -0.4 is 5.32 Å². The molecule has 0 saturated carbocycles. The highest BCUT2D eigenvalue weighted by molar-refractivity contribution is 6.30. The minimum Gasteiger partial charge on any atom is -0.440 e. The van der Waals surface area contributed by atoms with Gasteiger partial charge in [0.05, 0.1) is 0 Å². The van der Waals surface area contributed by atoms with Crippen LogP contribution in [0.3, 0.4) is 0 Å². The van der Waals surface area contributed by atoms with Crippen molar-refractivity contribution < 1.29 is 9.21 Å². The third-order valence-corrected chi connectivity index (χ3v) is 3.56. The first-order valence-corrected chi connectivity index (χ1v) is 7.45. The average molecular weight is 315 g/mol. The maximum Gasteiger partial charge on any atom is 0.224 e. The van der Waals surface area contributed by atoms with E-state index in [0.717, 1.165) is 16.8 Å². The monoisotopic (exact) mass is 314 g/mol. The smallest absolute Gasteiger partial charge is 0.224 e. The second-order valence-corrected chi connectivity index (χ2v) is 5.43. The maximum atomic E-state index is 11.4. The number of aromatic nitrogens is 1. The number of halogens is 1. The molecule has 3 aromatic rings. The molecule has 2 aromatic carbocycles. The predicted octanol–water partition coefficient (Wildman–Crippen LogP) is 4.42. The molecule has 5 heteroatoms. The Morgan fingerprint density at radius 2 is 2.00 bits per heavy atom. The Morgan fingerprint density at radius 1 is 1.23 bits per heavy atom. The molecule has 0 radical (unpaired) electrons. The molecule has 1 N–H and O–H groups in total. The minimum atomic E-state index is -0.0239. The largest absolute Gasteiger partial charge is 0.440 e. The van der Waals surface area contributed by atoms with E-state index < -0.39 is 0 Å². The van der Waals surface area contributed by atoms with Crippen molar-refractivity contribution >= 4 is 34.3 Å². The highest BCUT2D eigenvalue weighted by atomic mass is 35.5. The zero-order chi connectivity index (χ0) is 15.5. The van der Waals surface area contributed by atoms with Crippen molar-refractivity contribution in [3.05, 3.63) is 58.9 Å². The van der Waals surface area contributed by atoms with Gasteiger partial charge in [0.25, 0.3) is 0 Å². The molecule has 1 heterocycles. The van der Waals surface area contributed by atoms with E-state index in [4.69, 9.17) is 16.0 Å². The number of rotatable bonds is 4. The molecular weight excluding hydrogens is 300 g/mol. The van der Waals surface area contributed by atoms with Gasteiger partial charge in [0.15, 0.2) is 11.5 Å². The summed E-state index contributed by atoms with van der Waals surface area (Å²) in [6.45, 7) is 1.81. The lowest BCUT2D eigenvalue weighted by Crippen LogP contribution is -2.08. The molecule has 1 aromatic heterocycles. The topological polar surface area (TPSA) is 55.1 Å². The Labute approximate surface area is 133 Å². The SMILES string of the molecule is CCC(=O)Nc1ccc2oc(Cc3ccc(Cl)cc3)nc2c1. The number of benzene rings is 2. The van der Waals surface area contributed by atoms with Crippen molar-refractivity contribution in [2.75, 3.05) is 5.32 Å². The summed E-state index contributed by atoms with van der Waals surface area (Å²) in [5, 5.41) is 3.52. The van der Waals surface area contributed by atoms with Gasteiger partial charge in [-0.3, -0.25) is 4.79 Å². The minimum absolute atomic E-state index is 0.0239. The summed E-state index contributed by atoms with van der Waals surface area (Å²) >= 11 is 5.88. The fraction of sp³-hybridized carbons (Fsp3) is 0.176. The first-order valence-electron chi connectivity index (χ1n) is 7.08. The standard InChI is InChI=1S/C17H15ClN2O2/c1-2-16(21)19-13-7-8-15-14(10-13)20-17(22-15)9-11-3-5-12(18)6-4-11/h3-8,10H,2,9H2,1H3,(H,19,21). The Balaban J connectivity index is 1.83. The highest BCUT2D eigenvalue weighted by Crippen LogP contribution is 2.22. The van der Waals surface area contributed by atoms with Gasteiger partial charge in [-0.15, -0.1) is 0 Å². The van der Waals surface area contributed by atoms with E-state index in [-0.39, 0.29) is 5.91 Å². The molecule has 22 heavy (non-hydrogen) atoms. The van der Waals surface area contributed by atoms with E-state index in [2.05, 4.69) is 10.3 Å². The lowest BCUT2D eigenvalue weighted by atomic mass is 10.1. The molecule has 0 fully saturated rings. The lowest BCUT2D eigenvalue weighted by Gasteiger charge is -2.01. The molecule has 0 saturated heterocycles. The van der Waals surface area contributed by atoms with Crippen molar-refractivity contribution in [2.24, 2.45) is 0 Å². The van der Waals surface area contributed by atoms with Gasteiger partial charge in [-0.2, -0.15) is 0 Å². The molecule has 0 aliphatic rings. The number of fused-ring (bicyclic) bond motifs is 1. The fourth-order valence-corrected chi connectivity index (χ4v) is 2.28. The molecule has 0 unspecified atom stereocenters. The Bertz CT molecular complexity index is 809. The summed E-state index contributed by atoms with van der Waals surface area (Å²) in [5.74, 6) is 0.612. The number of amides is 1. The summed E-state index contributed by atoms with van der Waals surface area (Å²) in [5.41, 5.74) is 3.25. The van der Waals surface area contributed by atoms with Gasteiger partial charge in [0.2, 0.25) is 5.91 Å². The van der Waals surface area contributed by atoms with E-state index in [9.17, 15) is 4.79 Å². The van der Waals surface area contributed by atoms with Crippen LogP contribution in [0.4, 0.5) is 5.69 Å². The summed E-state index contributed by atoms with van der Waals surface area (Å²) in [6, 6.07) is 13.0. The Hall–Kier alpha value is -2.33. The van der Waals surface area contributed by atoms with Crippen LogP contribution in [0, 0.1) is 0 Å². The van der Waals surface area contributed by atoms with Gasteiger partial charge < -0.3 is 9.73 Å². The normalized spacial score (nSPS) is 10.8. The quantitative estimate of drug-likeness (QED) is 0.775. The summed E-state index contributed by atoms with van der Waals surface area (Å²) in [4.78, 5) is 15.9. The molecule has 1 amide bonds. The van der Waals surface area contributed by atoms with Crippen LogP contribution in [-0.2, 0) is 11.2 Å². The van der Waals surface area contributed by atoms with Crippen molar-refractivity contribution in [3.63, 3.8) is 0 Å². The molecule has 112 valence electrons. The van der Waals surface area contributed by atoms with Crippen molar-refractivity contribution in [1.29, 1.82) is 0 Å². The van der Waals surface area contributed by atoms with Crippen molar-refractivity contribution in [1.82, 2.24) is 4.98 Å². The van der Waals surface area contributed by atoms with E-state index in [1.807, 2.05) is 49.4 Å². The van der Waals surface area contributed by atoms with Crippen LogP contribution in [-0.4, -0.2) is 10.9 Å². The number of hydrogen-bond acceptors (Lipinski definition) is 3. The van der Waals surface area contributed by atoms with Gasteiger partial charge in [-0.05, 0) is 35.9 Å². The van der Waals surface area contributed by atoms with Crippen LogP contribution in [0.15, 0.2) is 46.9 Å². The number of anilines is 1. The maximum absolute atomic E-state index is 11.4. The fourth-order valence-electron chi connectivity index (χ4n) is 2.15. The summed E-state index contributed by atoms with van der Waals surface area (Å²) in [6.07, 6.45) is 1.04. The van der Waals surface area contributed by atoms with Gasteiger partial charge in [-0.1, -0.05) is 30.7 Å². The molecule has 0 atom stereocenters. The van der Waals surface area contributed by atoms with Gasteiger partial charge in [0, 0.05) is 23.6 Å².